The summed E-state index contributed by atoms with van der Waals surface area (Å²) in [6.45, 7) is 3.82. The van der Waals surface area contributed by atoms with Gasteiger partial charge in [-0.15, -0.1) is 0 Å². The highest BCUT2D eigenvalue weighted by Gasteiger charge is 2.38. The van der Waals surface area contributed by atoms with E-state index in [4.69, 9.17) is 4.74 Å². The van der Waals surface area contributed by atoms with E-state index < -0.39 is 37.8 Å². The molecule has 2 aliphatic heterocycles. The highest BCUT2D eigenvalue weighted by Crippen LogP contribution is 2.31. The Morgan fingerprint density at radius 3 is 2.62 bits per heavy atom. The van der Waals surface area contributed by atoms with Crippen LogP contribution in [0.1, 0.15) is 31.7 Å². The van der Waals surface area contributed by atoms with E-state index in [2.05, 4.69) is 0 Å². The van der Waals surface area contributed by atoms with E-state index in [1.807, 2.05) is 0 Å². The van der Waals surface area contributed by atoms with Crippen molar-refractivity contribution in [3.8, 4) is 0 Å². The number of carbonyl (C=O) groups is 2. The number of hydrogen-bond donors (Lipinski definition) is 0. The predicted octanol–water partition coefficient (Wildman–Crippen LogP) is 1.03. The van der Waals surface area contributed by atoms with Crippen LogP contribution in [0.15, 0.2) is 23.1 Å². The summed E-state index contributed by atoms with van der Waals surface area (Å²) in [5, 5.41) is 0. The number of nitrogens with zero attached hydrogens (tertiary/aromatic N) is 2. The molecule has 2 fully saturated rings. The molecule has 0 aliphatic carbocycles. The van der Waals surface area contributed by atoms with Gasteiger partial charge in [-0.3, -0.25) is 9.59 Å². The average molecular weight is 445 g/mol. The van der Waals surface area contributed by atoms with Crippen LogP contribution in [0.3, 0.4) is 0 Å². The van der Waals surface area contributed by atoms with Gasteiger partial charge in [-0.2, -0.15) is 4.31 Å². The molecule has 1 aromatic carbocycles. The van der Waals surface area contributed by atoms with Gasteiger partial charge in [-0.1, -0.05) is 0 Å². The summed E-state index contributed by atoms with van der Waals surface area (Å²) in [6.07, 6.45) is 1.02. The van der Waals surface area contributed by atoms with Crippen LogP contribution in [-0.2, 0) is 34.4 Å². The van der Waals surface area contributed by atoms with Crippen LogP contribution in [0.5, 0.6) is 0 Å². The van der Waals surface area contributed by atoms with Crippen LogP contribution >= 0.6 is 0 Å². The summed E-state index contributed by atoms with van der Waals surface area (Å²) in [5.41, 5.74) is 0.461. The number of esters is 1. The molecule has 0 aromatic heterocycles. The number of hydrogen-bond acceptors (Lipinski definition) is 7. The first-order valence-electron chi connectivity index (χ1n) is 9.41. The van der Waals surface area contributed by atoms with Gasteiger partial charge in [0.25, 0.3) is 0 Å². The van der Waals surface area contributed by atoms with Crippen molar-refractivity contribution in [2.24, 2.45) is 5.92 Å². The van der Waals surface area contributed by atoms with Crippen molar-refractivity contribution in [1.82, 2.24) is 4.31 Å². The molecule has 9 nitrogen and oxygen atoms in total. The molecule has 0 N–H and O–H groups in total. The van der Waals surface area contributed by atoms with Crippen molar-refractivity contribution in [1.29, 1.82) is 0 Å². The molecule has 1 atom stereocenters. The normalized spacial score (nSPS) is 22.6. The third-order valence-electron chi connectivity index (χ3n) is 5.09. The monoisotopic (exact) mass is 444 g/mol. The molecule has 2 heterocycles. The van der Waals surface area contributed by atoms with Gasteiger partial charge in [-0.25, -0.2) is 21.1 Å². The number of benzene rings is 1. The maximum atomic E-state index is 13.1. The standard InChI is InChI=1S/C18H24N2O7S2/c1-3-27-18(22)14-5-4-9-19(12-14)29(25,26)16-7-6-15(11-13(16)2)20-17(21)8-10-28(20,23)24/h6-7,11,14H,3-5,8-10,12H2,1-2H3. The van der Waals surface area contributed by atoms with Gasteiger partial charge >= 0.3 is 5.97 Å². The smallest absolute Gasteiger partial charge is 0.310 e. The Kier molecular flexibility index (Phi) is 6.02. The quantitative estimate of drug-likeness (QED) is 0.622. The van der Waals surface area contributed by atoms with Crippen molar-refractivity contribution >= 4 is 37.6 Å². The van der Waals surface area contributed by atoms with E-state index in [1.54, 1.807) is 13.8 Å². The third-order valence-corrected chi connectivity index (χ3v) is 8.81. The molecule has 0 bridgehead atoms. The van der Waals surface area contributed by atoms with Crippen LogP contribution < -0.4 is 4.31 Å². The van der Waals surface area contributed by atoms with Crippen molar-refractivity contribution in [2.75, 3.05) is 29.8 Å². The molecule has 0 saturated carbocycles. The second kappa shape index (κ2) is 8.04. The lowest BCUT2D eigenvalue weighted by atomic mass is 10.0. The summed E-state index contributed by atoms with van der Waals surface area (Å²) in [6, 6.07) is 4.03. The van der Waals surface area contributed by atoms with Gasteiger partial charge in [0.1, 0.15) is 0 Å². The molecule has 29 heavy (non-hydrogen) atoms. The Labute approximate surface area is 170 Å². The third kappa shape index (κ3) is 4.17. The fourth-order valence-corrected chi connectivity index (χ4v) is 6.85. The first kappa shape index (κ1) is 21.7. The van der Waals surface area contributed by atoms with Gasteiger partial charge < -0.3 is 4.74 Å². The lowest BCUT2D eigenvalue weighted by molar-refractivity contribution is -0.149. The van der Waals surface area contributed by atoms with E-state index >= 15 is 0 Å². The first-order chi connectivity index (χ1) is 13.6. The molecule has 1 amide bonds. The van der Waals surface area contributed by atoms with Crippen LogP contribution in [-0.4, -0.2) is 58.5 Å². The van der Waals surface area contributed by atoms with Gasteiger partial charge in [0.05, 0.1) is 28.9 Å². The zero-order chi connectivity index (χ0) is 21.4. The molecule has 160 valence electrons. The summed E-state index contributed by atoms with van der Waals surface area (Å²) >= 11 is 0. The molecule has 1 aromatic rings. The summed E-state index contributed by atoms with van der Waals surface area (Å²) in [4.78, 5) is 24.0. The minimum absolute atomic E-state index is 0.0230. The molecular formula is C18H24N2O7S2. The average Bonchev–Trinajstić information content (AvgIpc) is 2.94. The van der Waals surface area contributed by atoms with Gasteiger partial charge in [0, 0.05) is 19.5 Å². The maximum absolute atomic E-state index is 13.1. The number of amides is 1. The number of ether oxygens (including phenoxy) is 1. The van der Waals surface area contributed by atoms with Crippen LogP contribution in [0.4, 0.5) is 5.69 Å². The highest BCUT2D eigenvalue weighted by molar-refractivity contribution is 7.94. The molecule has 2 aliphatic rings. The lowest BCUT2D eigenvalue weighted by Gasteiger charge is -2.31. The second-order valence-corrected chi connectivity index (χ2v) is 11.0. The molecule has 0 spiro atoms. The minimum Gasteiger partial charge on any atom is -0.466 e. The Bertz CT molecular complexity index is 1030. The number of aryl methyl sites for hydroxylation is 1. The van der Waals surface area contributed by atoms with Crippen LogP contribution in [0.2, 0.25) is 0 Å². The Hall–Kier alpha value is -1.98. The van der Waals surface area contributed by atoms with E-state index in [-0.39, 0.29) is 35.9 Å². The molecule has 3 rings (SSSR count). The minimum atomic E-state index is -3.88. The fraction of sp³-hybridized carbons (Fsp3) is 0.556. The SMILES string of the molecule is CCOC(=O)C1CCCN(S(=O)(=O)c2ccc(N3C(=O)CCS3(=O)=O)cc2C)C1. The summed E-state index contributed by atoms with van der Waals surface area (Å²) in [5.74, 6) is -1.70. The summed E-state index contributed by atoms with van der Waals surface area (Å²) in [7, 11) is -7.61. The zero-order valence-electron chi connectivity index (χ0n) is 16.3. The van der Waals surface area contributed by atoms with Crippen molar-refractivity contribution < 1.29 is 31.2 Å². The highest BCUT2D eigenvalue weighted by atomic mass is 32.2. The van der Waals surface area contributed by atoms with E-state index in [9.17, 15) is 26.4 Å². The predicted molar refractivity (Wildman–Crippen MR) is 105 cm³/mol. The number of rotatable bonds is 5. The van der Waals surface area contributed by atoms with Crippen LogP contribution in [0, 0.1) is 12.8 Å². The maximum Gasteiger partial charge on any atom is 0.310 e. The Balaban J connectivity index is 1.88. The first-order valence-corrected chi connectivity index (χ1v) is 12.5. The second-order valence-electron chi connectivity index (χ2n) is 7.13. The van der Waals surface area contributed by atoms with Crippen molar-refractivity contribution in [2.45, 2.75) is 38.0 Å². The van der Waals surface area contributed by atoms with Gasteiger partial charge in [-0.05, 0) is 50.5 Å². The molecule has 2 saturated heterocycles. The number of anilines is 1. The van der Waals surface area contributed by atoms with E-state index in [1.165, 1.54) is 22.5 Å². The van der Waals surface area contributed by atoms with Crippen LogP contribution in [0.25, 0.3) is 0 Å². The Morgan fingerprint density at radius 2 is 2.03 bits per heavy atom. The Morgan fingerprint density at radius 1 is 1.31 bits per heavy atom. The van der Waals surface area contributed by atoms with Gasteiger partial charge in [0.15, 0.2) is 0 Å². The topological polar surface area (TPSA) is 118 Å². The number of carbonyl (C=O) groups excluding carboxylic acids is 2. The molecule has 1 unspecified atom stereocenters. The molecule has 11 heteroatoms. The van der Waals surface area contributed by atoms with E-state index in [0.717, 1.165) is 4.31 Å². The number of piperidine rings is 1. The number of sulfonamides is 2. The molecule has 0 radical (unpaired) electrons. The summed E-state index contributed by atoms with van der Waals surface area (Å²) < 4.78 is 57.5. The largest absolute Gasteiger partial charge is 0.466 e. The van der Waals surface area contributed by atoms with Crippen molar-refractivity contribution in [3.63, 3.8) is 0 Å². The zero-order valence-corrected chi connectivity index (χ0v) is 18.0. The van der Waals surface area contributed by atoms with Gasteiger partial charge in [0.2, 0.25) is 26.0 Å². The molecular weight excluding hydrogens is 420 g/mol. The van der Waals surface area contributed by atoms with E-state index in [0.29, 0.717) is 24.9 Å². The van der Waals surface area contributed by atoms with Crippen molar-refractivity contribution in [3.05, 3.63) is 23.8 Å². The lowest BCUT2D eigenvalue weighted by Crippen LogP contribution is -2.43. The fourth-order valence-electron chi connectivity index (χ4n) is 3.67.